The molecule has 0 atom stereocenters. The van der Waals surface area contributed by atoms with Gasteiger partial charge in [0.15, 0.2) is 16.8 Å². The van der Waals surface area contributed by atoms with Gasteiger partial charge in [-0.05, 0) is 19.1 Å². The summed E-state index contributed by atoms with van der Waals surface area (Å²) in [7, 11) is 0. The Kier molecular flexibility index (Phi) is 4.29. The van der Waals surface area contributed by atoms with Gasteiger partial charge in [-0.1, -0.05) is 41.6 Å². The van der Waals surface area contributed by atoms with Gasteiger partial charge in [0.05, 0.1) is 5.75 Å². The Morgan fingerprint density at radius 1 is 1.09 bits per heavy atom. The number of nitrogens with one attached hydrogen (secondary N) is 1. The first-order valence-electron chi connectivity index (χ1n) is 6.78. The van der Waals surface area contributed by atoms with Crippen LogP contribution in [-0.2, 0) is 0 Å². The molecule has 3 rings (SSSR count). The van der Waals surface area contributed by atoms with Crippen molar-refractivity contribution >= 4 is 17.5 Å². The van der Waals surface area contributed by atoms with Crippen LogP contribution in [0.15, 0.2) is 53.9 Å². The molecule has 3 aromatic rings. The monoisotopic (exact) mass is 310 g/mol. The predicted octanol–water partition coefficient (Wildman–Crippen LogP) is 3.15. The van der Waals surface area contributed by atoms with Crippen LogP contribution in [0, 0.1) is 6.92 Å². The minimum absolute atomic E-state index is 0.0758. The van der Waals surface area contributed by atoms with Crippen LogP contribution in [0.1, 0.15) is 15.9 Å². The lowest BCUT2D eigenvalue weighted by Gasteiger charge is -2.00. The number of pyridine rings is 1. The Morgan fingerprint density at radius 2 is 1.82 bits per heavy atom. The van der Waals surface area contributed by atoms with Crippen LogP contribution < -0.4 is 0 Å². The van der Waals surface area contributed by atoms with Crippen molar-refractivity contribution < 1.29 is 4.79 Å². The molecular formula is C16H14N4OS. The minimum Gasteiger partial charge on any atom is -0.316 e. The molecule has 2 heterocycles. The summed E-state index contributed by atoms with van der Waals surface area (Å²) in [5.41, 5.74) is 2.77. The van der Waals surface area contributed by atoms with Crippen molar-refractivity contribution in [2.45, 2.75) is 12.1 Å². The van der Waals surface area contributed by atoms with E-state index in [0.29, 0.717) is 22.3 Å². The summed E-state index contributed by atoms with van der Waals surface area (Å²) < 4.78 is 0. The zero-order valence-corrected chi connectivity index (χ0v) is 12.8. The summed E-state index contributed by atoms with van der Waals surface area (Å²) in [6, 6.07) is 11.3. The molecule has 0 unspecified atom stereocenters. The second-order valence-corrected chi connectivity index (χ2v) is 5.76. The second kappa shape index (κ2) is 6.53. The largest absolute Gasteiger partial charge is 0.316 e. The molecule has 0 amide bonds. The highest BCUT2D eigenvalue weighted by Crippen LogP contribution is 2.19. The molecule has 2 aromatic heterocycles. The van der Waals surface area contributed by atoms with E-state index in [0.717, 1.165) is 11.1 Å². The van der Waals surface area contributed by atoms with Gasteiger partial charge in [-0.15, -0.1) is 10.2 Å². The Bertz CT molecular complexity index is 768. The number of H-pyrrole nitrogens is 1. The summed E-state index contributed by atoms with van der Waals surface area (Å²) in [6.45, 7) is 2.00. The lowest BCUT2D eigenvalue weighted by Crippen LogP contribution is -2.02. The van der Waals surface area contributed by atoms with Crippen molar-refractivity contribution in [2.24, 2.45) is 0 Å². The SMILES string of the molecule is Cc1ccc(C(=O)CSc2nnc(-c3ccncc3)[nH]2)cc1. The Morgan fingerprint density at radius 3 is 2.55 bits per heavy atom. The highest BCUT2D eigenvalue weighted by molar-refractivity contribution is 7.99. The third kappa shape index (κ3) is 3.40. The van der Waals surface area contributed by atoms with Crippen molar-refractivity contribution in [1.29, 1.82) is 0 Å². The second-order valence-electron chi connectivity index (χ2n) is 4.79. The number of hydrogen-bond donors (Lipinski definition) is 1. The van der Waals surface area contributed by atoms with Crippen LogP contribution in [-0.4, -0.2) is 31.7 Å². The van der Waals surface area contributed by atoms with Crippen LogP contribution in [0.2, 0.25) is 0 Å². The van der Waals surface area contributed by atoms with Gasteiger partial charge in [-0.3, -0.25) is 9.78 Å². The van der Waals surface area contributed by atoms with Gasteiger partial charge >= 0.3 is 0 Å². The Hall–Kier alpha value is -2.47. The number of aryl methyl sites for hydroxylation is 1. The van der Waals surface area contributed by atoms with E-state index in [4.69, 9.17) is 0 Å². The summed E-state index contributed by atoms with van der Waals surface area (Å²) in [5, 5.41) is 8.77. The molecule has 110 valence electrons. The number of aromatic amines is 1. The van der Waals surface area contributed by atoms with Crippen LogP contribution in [0.5, 0.6) is 0 Å². The maximum atomic E-state index is 12.1. The number of nitrogens with zero attached hydrogens (tertiary/aromatic N) is 3. The first-order chi connectivity index (χ1) is 10.7. The van der Waals surface area contributed by atoms with Crippen molar-refractivity contribution in [2.75, 3.05) is 5.75 Å². The van der Waals surface area contributed by atoms with E-state index in [2.05, 4.69) is 20.2 Å². The minimum atomic E-state index is 0.0758. The molecule has 1 aromatic carbocycles. The molecule has 0 aliphatic rings. The van der Waals surface area contributed by atoms with Gasteiger partial charge in [0.1, 0.15) is 0 Å². The zero-order chi connectivity index (χ0) is 15.4. The Labute approximate surface area is 132 Å². The highest BCUT2D eigenvalue weighted by atomic mass is 32.2. The molecule has 22 heavy (non-hydrogen) atoms. The molecule has 0 fully saturated rings. The first-order valence-corrected chi connectivity index (χ1v) is 7.77. The van der Waals surface area contributed by atoms with Crippen LogP contribution >= 0.6 is 11.8 Å². The van der Waals surface area contributed by atoms with E-state index in [9.17, 15) is 4.79 Å². The average molecular weight is 310 g/mol. The van der Waals surface area contributed by atoms with E-state index >= 15 is 0 Å². The number of thioether (sulfide) groups is 1. The van der Waals surface area contributed by atoms with Crippen molar-refractivity contribution in [3.63, 3.8) is 0 Å². The normalized spacial score (nSPS) is 10.6. The molecule has 0 saturated carbocycles. The third-order valence-electron chi connectivity index (χ3n) is 3.13. The van der Waals surface area contributed by atoms with Gasteiger partial charge < -0.3 is 4.98 Å². The van der Waals surface area contributed by atoms with Crippen LogP contribution in [0.4, 0.5) is 0 Å². The summed E-state index contributed by atoms with van der Waals surface area (Å²) in [4.78, 5) is 19.2. The topological polar surface area (TPSA) is 71.5 Å². The molecule has 0 spiro atoms. The fourth-order valence-corrected chi connectivity index (χ4v) is 2.61. The Balaban J connectivity index is 1.64. The van der Waals surface area contributed by atoms with Crippen LogP contribution in [0.25, 0.3) is 11.4 Å². The lowest BCUT2D eigenvalue weighted by atomic mass is 10.1. The molecule has 6 heteroatoms. The molecule has 5 nitrogen and oxygen atoms in total. The van der Waals surface area contributed by atoms with E-state index < -0.39 is 0 Å². The number of aromatic nitrogens is 4. The van der Waals surface area contributed by atoms with Gasteiger partial charge in [-0.25, -0.2) is 0 Å². The van der Waals surface area contributed by atoms with E-state index in [-0.39, 0.29) is 5.78 Å². The fraction of sp³-hybridized carbons (Fsp3) is 0.125. The fourth-order valence-electron chi connectivity index (χ4n) is 1.91. The number of rotatable bonds is 5. The first kappa shape index (κ1) is 14.5. The van der Waals surface area contributed by atoms with E-state index in [1.807, 2.05) is 43.3 Å². The smallest absolute Gasteiger partial charge is 0.189 e. The van der Waals surface area contributed by atoms with Crippen molar-refractivity contribution in [1.82, 2.24) is 20.2 Å². The summed E-state index contributed by atoms with van der Waals surface area (Å²) in [5.74, 6) is 1.08. The highest BCUT2D eigenvalue weighted by Gasteiger charge is 2.10. The van der Waals surface area contributed by atoms with Crippen molar-refractivity contribution in [3.8, 4) is 11.4 Å². The number of Topliss-reactive ketones (excluding diaryl/α,β-unsaturated/α-hetero) is 1. The number of hydrogen-bond acceptors (Lipinski definition) is 5. The molecule has 0 aliphatic heterocycles. The van der Waals surface area contributed by atoms with Crippen LogP contribution in [0.3, 0.4) is 0 Å². The molecular weight excluding hydrogens is 296 g/mol. The van der Waals surface area contributed by atoms with Gasteiger partial charge in [0, 0.05) is 23.5 Å². The molecule has 0 saturated heterocycles. The van der Waals surface area contributed by atoms with Gasteiger partial charge in [-0.2, -0.15) is 0 Å². The standard InChI is InChI=1S/C16H14N4OS/c1-11-2-4-12(5-3-11)14(21)10-22-16-18-15(19-20-16)13-6-8-17-9-7-13/h2-9H,10H2,1H3,(H,18,19,20). The number of carbonyl (C=O) groups is 1. The number of benzene rings is 1. The number of ketones is 1. The summed E-state index contributed by atoms with van der Waals surface area (Å²) in [6.07, 6.45) is 3.40. The van der Waals surface area contributed by atoms with E-state index in [1.54, 1.807) is 12.4 Å². The molecule has 0 aliphatic carbocycles. The maximum absolute atomic E-state index is 12.1. The summed E-state index contributed by atoms with van der Waals surface area (Å²) >= 11 is 1.35. The quantitative estimate of drug-likeness (QED) is 0.579. The van der Waals surface area contributed by atoms with Gasteiger partial charge in [0.25, 0.3) is 0 Å². The van der Waals surface area contributed by atoms with Crippen molar-refractivity contribution in [3.05, 3.63) is 59.9 Å². The zero-order valence-electron chi connectivity index (χ0n) is 12.0. The van der Waals surface area contributed by atoms with Gasteiger partial charge in [0.2, 0.25) is 0 Å². The lowest BCUT2D eigenvalue weighted by molar-refractivity contribution is 0.102. The third-order valence-corrected chi connectivity index (χ3v) is 4.00. The number of carbonyl (C=O) groups excluding carboxylic acids is 1. The average Bonchev–Trinajstić information content (AvgIpc) is 3.03. The molecule has 0 bridgehead atoms. The molecule has 0 radical (unpaired) electrons. The molecule has 1 N–H and O–H groups in total. The maximum Gasteiger partial charge on any atom is 0.189 e. The predicted molar refractivity (Wildman–Crippen MR) is 85.8 cm³/mol. The van der Waals surface area contributed by atoms with E-state index in [1.165, 1.54) is 11.8 Å².